The fraction of sp³-hybridized carbons (Fsp3) is 0.923. The molecule has 98 valence electrons. The first-order chi connectivity index (χ1) is 8.18. The topological polar surface area (TPSA) is 43.8 Å². The third kappa shape index (κ3) is 3.19. The normalized spacial score (nSPS) is 33.2. The molecule has 0 aromatic carbocycles. The molecule has 17 heavy (non-hydrogen) atoms. The van der Waals surface area contributed by atoms with E-state index in [1.54, 1.807) is 0 Å². The van der Waals surface area contributed by atoms with Gasteiger partial charge in [0.15, 0.2) is 0 Å². The third-order valence-electron chi connectivity index (χ3n) is 4.27. The second-order valence-corrected chi connectivity index (χ2v) is 5.49. The summed E-state index contributed by atoms with van der Waals surface area (Å²) in [7, 11) is 2.15. The van der Waals surface area contributed by atoms with Gasteiger partial charge in [0.2, 0.25) is 0 Å². The molecule has 2 unspecified atom stereocenters. The van der Waals surface area contributed by atoms with Crippen molar-refractivity contribution in [3.8, 4) is 0 Å². The summed E-state index contributed by atoms with van der Waals surface area (Å²) >= 11 is 0. The summed E-state index contributed by atoms with van der Waals surface area (Å²) < 4.78 is 0. The number of carbonyl (C=O) groups is 1. The van der Waals surface area contributed by atoms with Crippen LogP contribution in [0, 0.1) is 5.92 Å². The van der Waals surface area contributed by atoms with E-state index in [0.29, 0.717) is 0 Å². The Morgan fingerprint density at radius 1 is 1.06 bits per heavy atom. The van der Waals surface area contributed by atoms with Gasteiger partial charge in [0.25, 0.3) is 0 Å². The zero-order valence-corrected chi connectivity index (χ0v) is 10.8. The molecular weight excluding hydrogens is 216 g/mol. The van der Waals surface area contributed by atoms with Gasteiger partial charge in [-0.05, 0) is 39.4 Å². The summed E-state index contributed by atoms with van der Waals surface area (Å²) in [6, 6.07) is 0.285. The minimum Gasteiger partial charge on any atom is -0.481 e. The Hall–Kier alpha value is -0.610. The molecule has 4 nitrogen and oxygen atoms in total. The highest BCUT2D eigenvalue weighted by Crippen LogP contribution is 2.29. The van der Waals surface area contributed by atoms with Gasteiger partial charge in [0, 0.05) is 19.1 Å². The van der Waals surface area contributed by atoms with Crippen LogP contribution in [0.3, 0.4) is 0 Å². The maximum absolute atomic E-state index is 11.3. The number of rotatable bonds is 2. The number of likely N-dealkylation sites (N-methyl/N-ethyl adjacent to an activating group) is 1. The van der Waals surface area contributed by atoms with E-state index in [9.17, 15) is 9.90 Å². The molecule has 0 bridgehead atoms. The van der Waals surface area contributed by atoms with Crippen LogP contribution in [-0.2, 0) is 4.79 Å². The Bertz CT molecular complexity index is 270. The van der Waals surface area contributed by atoms with E-state index in [0.717, 1.165) is 45.4 Å². The third-order valence-corrected chi connectivity index (χ3v) is 4.27. The lowest BCUT2D eigenvalue weighted by Gasteiger charge is -2.37. The zero-order valence-electron chi connectivity index (χ0n) is 10.8. The minimum atomic E-state index is -0.590. The predicted octanol–water partition coefficient (Wildman–Crippen LogP) is 1.27. The van der Waals surface area contributed by atoms with E-state index >= 15 is 0 Å². The molecular formula is C13H24N2O2. The molecule has 2 atom stereocenters. The molecule has 0 amide bonds. The molecule has 2 aliphatic rings. The van der Waals surface area contributed by atoms with E-state index in [1.807, 2.05) is 0 Å². The quantitative estimate of drug-likeness (QED) is 0.789. The molecule has 1 aliphatic heterocycles. The fourth-order valence-electron chi connectivity index (χ4n) is 3.23. The average Bonchev–Trinajstić information content (AvgIpc) is 2.54. The van der Waals surface area contributed by atoms with Crippen molar-refractivity contribution < 1.29 is 9.90 Å². The lowest BCUT2D eigenvalue weighted by Crippen LogP contribution is -2.46. The molecule has 1 heterocycles. The number of hydrogen-bond acceptors (Lipinski definition) is 3. The molecule has 1 N–H and O–H groups in total. The van der Waals surface area contributed by atoms with Crippen molar-refractivity contribution in [3.63, 3.8) is 0 Å². The van der Waals surface area contributed by atoms with Crippen molar-refractivity contribution in [2.45, 2.75) is 38.1 Å². The van der Waals surface area contributed by atoms with Crippen LogP contribution in [0.25, 0.3) is 0 Å². The summed E-state index contributed by atoms with van der Waals surface area (Å²) in [5.41, 5.74) is 0. The summed E-state index contributed by atoms with van der Waals surface area (Å²) in [5.74, 6) is -0.723. The monoisotopic (exact) mass is 240 g/mol. The second kappa shape index (κ2) is 5.83. The zero-order chi connectivity index (χ0) is 12.3. The first kappa shape index (κ1) is 12.8. The van der Waals surface area contributed by atoms with Crippen LogP contribution in [0.1, 0.15) is 32.1 Å². The van der Waals surface area contributed by atoms with E-state index in [4.69, 9.17) is 0 Å². The SMILES string of the molecule is CN1CCCN(C2CCCCC2C(=O)O)CC1. The average molecular weight is 240 g/mol. The van der Waals surface area contributed by atoms with E-state index in [-0.39, 0.29) is 12.0 Å². The summed E-state index contributed by atoms with van der Waals surface area (Å²) in [4.78, 5) is 16.1. The lowest BCUT2D eigenvalue weighted by molar-refractivity contribution is -0.145. The van der Waals surface area contributed by atoms with E-state index in [1.165, 1.54) is 12.8 Å². The predicted molar refractivity (Wildman–Crippen MR) is 67.1 cm³/mol. The molecule has 0 aromatic rings. The highest BCUT2D eigenvalue weighted by atomic mass is 16.4. The molecule has 1 aliphatic carbocycles. The number of hydrogen-bond donors (Lipinski definition) is 1. The van der Waals surface area contributed by atoms with E-state index < -0.39 is 5.97 Å². The summed E-state index contributed by atoms with van der Waals surface area (Å²) in [5, 5.41) is 9.32. The molecule has 0 spiro atoms. The van der Waals surface area contributed by atoms with Gasteiger partial charge in [0.1, 0.15) is 0 Å². The fourth-order valence-corrected chi connectivity index (χ4v) is 3.23. The smallest absolute Gasteiger partial charge is 0.308 e. The summed E-state index contributed by atoms with van der Waals surface area (Å²) in [6.45, 7) is 4.31. The lowest BCUT2D eigenvalue weighted by atomic mass is 9.83. The molecule has 0 aromatic heterocycles. The van der Waals surface area contributed by atoms with Crippen LogP contribution in [0.15, 0.2) is 0 Å². The number of carboxylic acid groups (broad SMARTS) is 1. The Kier molecular flexibility index (Phi) is 4.40. The van der Waals surface area contributed by atoms with Crippen LogP contribution >= 0.6 is 0 Å². The first-order valence-corrected chi connectivity index (χ1v) is 6.84. The van der Waals surface area contributed by atoms with Crippen molar-refractivity contribution in [2.24, 2.45) is 5.92 Å². The van der Waals surface area contributed by atoms with Crippen LogP contribution in [0.4, 0.5) is 0 Å². The van der Waals surface area contributed by atoms with Gasteiger partial charge < -0.3 is 10.0 Å². The van der Waals surface area contributed by atoms with Crippen molar-refractivity contribution >= 4 is 5.97 Å². The van der Waals surface area contributed by atoms with Gasteiger partial charge in [0.05, 0.1) is 5.92 Å². The van der Waals surface area contributed by atoms with Gasteiger partial charge in [-0.25, -0.2) is 0 Å². The molecule has 1 saturated carbocycles. The van der Waals surface area contributed by atoms with Crippen molar-refractivity contribution in [2.75, 3.05) is 33.2 Å². The standard InChI is InChI=1S/C13H24N2O2/c1-14-7-4-8-15(10-9-14)12-6-3-2-5-11(12)13(16)17/h11-12H,2-10H2,1H3,(H,16,17). The minimum absolute atomic E-state index is 0.132. The first-order valence-electron chi connectivity index (χ1n) is 6.84. The van der Waals surface area contributed by atoms with E-state index in [2.05, 4.69) is 16.8 Å². The molecule has 1 saturated heterocycles. The van der Waals surface area contributed by atoms with Crippen LogP contribution in [0.2, 0.25) is 0 Å². The largest absolute Gasteiger partial charge is 0.481 e. The Labute approximate surface area is 104 Å². The maximum atomic E-state index is 11.3. The van der Waals surface area contributed by atoms with Gasteiger partial charge in [-0.1, -0.05) is 12.8 Å². The number of carboxylic acids is 1. The Morgan fingerprint density at radius 3 is 2.59 bits per heavy atom. The van der Waals surface area contributed by atoms with Gasteiger partial charge in [-0.3, -0.25) is 9.69 Å². The highest BCUT2D eigenvalue weighted by molar-refractivity contribution is 5.71. The van der Waals surface area contributed by atoms with Crippen molar-refractivity contribution in [3.05, 3.63) is 0 Å². The number of nitrogens with zero attached hydrogens (tertiary/aromatic N) is 2. The van der Waals surface area contributed by atoms with Gasteiger partial charge in [-0.2, -0.15) is 0 Å². The van der Waals surface area contributed by atoms with Crippen LogP contribution < -0.4 is 0 Å². The molecule has 0 radical (unpaired) electrons. The Morgan fingerprint density at radius 2 is 1.82 bits per heavy atom. The van der Waals surface area contributed by atoms with Crippen molar-refractivity contribution in [1.29, 1.82) is 0 Å². The van der Waals surface area contributed by atoms with Crippen LogP contribution in [-0.4, -0.2) is 60.1 Å². The van der Waals surface area contributed by atoms with Crippen molar-refractivity contribution in [1.82, 2.24) is 9.80 Å². The maximum Gasteiger partial charge on any atom is 0.308 e. The second-order valence-electron chi connectivity index (χ2n) is 5.49. The number of aliphatic carboxylic acids is 1. The molecule has 2 rings (SSSR count). The summed E-state index contributed by atoms with van der Waals surface area (Å²) in [6.07, 6.45) is 5.38. The van der Waals surface area contributed by atoms with Crippen LogP contribution in [0.5, 0.6) is 0 Å². The van der Waals surface area contributed by atoms with Gasteiger partial charge in [-0.15, -0.1) is 0 Å². The highest BCUT2D eigenvalue weighted by Gasteiger charge is 2.35. The van der Waals surface area contributed by atoms with Gasteiger partial charge >= 0.3 is 5.97 Å². The molecule has 2 fully saturated rings. The Balaban J connectivity index is 2.00. The molecule has 4 heteroatoms.